The predicted octanol–water partition coefficient (Wildman–Crippen LogP) is 4.16. The van der Waals surface area contributed by atoms with Gasteiger partial charge in [-0.3, -0.25) is 4.79 Å². The summed E-state index contributed by atoms with van der Waals surface area (Å²) in [6.45, 7) is 2.69. The second-order valence-electron chi connectivity index (χ2n) is 5.51. The summed E-state index contributed by atoms with van der Waals surface area (Å²) in [5.41, 5.74) is 4.70. The van der Waals surface area contributed by atoms with Crippen molar-refractivity contribution in [1.82, 2.24) is 0 Å². The van der Waals surface area contributed by atoms with Gasteiger partial charge in [-0.25, -0.2) is 0 Å². The number of hydrogen-bond acceptors (Lipinski definition) is 3. The first-order chi connectivity index (χ1) is 10.7. The number of carbonyl (C=O) groups excluding carboxylic acids is 1. The van der Waals surface area contributed by atoms with Crippen LogP contribution in [-0.2, 0) is 4.79 Å². The van der Waals surface area contributed by atoms with Crippen molar-refractivity contribution in [3.8, 4) is 11.3 Å². The van der Waals surface area contributed by atoms with Crippen LogP contribution in [0.4, 0.5) is 11.4 Å². The van der Waals surface area contributed by atoms with Crippen molar-refractivity contribution < 1.29 is 9.21 Å². The van der Waals surface area contributed by atoms with Crippen molar-refractivity contribution in [2.75, 3.05) is 17.2 Å². The minimum atomic E-state index is 0.0322. The van der Waals surface area contributed by atoms with Crippen LogP contribution in [-0.4, -0.2) is 12.5 Å². The molecule has 0 radical (unpaired) electrons. The Morgan fingerprint density at radius 2 is 1.95 bits per heavy atom. The molecule has 0 aliphatic carbocycles. The lowest BCUT2D eigenvalue weighted by atomic mass is 10.0. The summed E-state index contributed by atoms with van der Waals surface area (Å²) < 4.78 is 6.07. The van der Waals surface area contributed by atoms with E-state index in [1.807, 2.05) is 36.4 Å². The first-order valence-corrected chi connectivity index (χ1v) is 7.39. The number of furan rings is 1. The smallest absolute Gasteiger partial charge is 0.226 e. The van der Waals surface area contributed by atoms with Gasteiger partial charge in [0.15, 0.2) is 0 Å². The number of fused-ring (bicyclic) bond motifs is 2. The van der Waals surface area contributed by atoms with E-state index in [-0.39, 0.29) is 5.91 Å². The van der Waals surface area contributed by atoms with Gasteiger partial charge in [0, 0.05) is 29.5 Å². The van der Waals surface area contributed by atoms with Crippen LogP contribution in [0.1, 0.15) is 12.0 Å². The van der Waals surface area contributed by atoms with Crippen molar-refractivity contribution in [3.05, 3.63) is 48.0 Å². The van der Waals surface area contributed by atoms with Gasteiger partial charge in [-0.05, 0) is 25.1 Å². The number of para-hydroxylation sites is 2. The fourth-order valence-corrected chi connectivity index (χ4v) is 2.98. The van der Waals surface area contributed by atoms with Crippen LogP contribution in [0.3, 0.4) is 0 Å². The quantitative estimate of drug-likeness (QED) is 0.708. The van der Waals surface area contributed by atoms with Crippen LogP contribution in [0.25, 0.3) is 22.3 Å². The van der Waals surface area contributed by atoms with Gasteiger partial charge in [-0.2, -0.15) is 0 Å². The number of rotatable bonds is 1. The summed E-state index contributed by atoms with van der Waals surface area (Å²) in [6, 6.07) is 13.9. The van der Waals surface area contributed by atoms with Crippen LogP contribution in [0, 0.1) is 6.92 Å². The zero-order chi connectivity index (χ0) is 15.1. The molecule has 22 heavy (non-hydrogen) atoms. The maximum atomic E-state index is 11.7. The van der Waals surface area contributed by atoms with Gasteiger partial charge in [0.1, 0.15) is 11.3 Å². The van der Waals surface area contributed by atoms with Crippen LogP contribution in [0.5, 0.6) is 0 Å². The Morgan fingerprint density at radius 1 is 1.09 bits per heavy atom. The number of benzene rings is 2. The maximum absolute atomic E-state index is 11.7. The van der Waals surface area contributed by atoms with Gasteiger partial charge in [-0.1, -0.05) is 24.3 Å². The highest BCUT2D eigenvalue weighted by atomic mass is 16.3. The van der Waals surface area contributed by atoms with E-state index in [0.717, 1.165) is 39.2 Å². The molecule has 3 aromatic rings. The van der Waals surface area contributed by atoms with Crippen molar-refractivity contribution >= 4 is 28.3 Å². The molecule has 1 amide bonds. The van der Waals surface area contributed by atoms with Gasteiger partial charge >= 0.3 is 0 Å². The second-order valence-corrected chi connectivity index (χ2v) is 5.51. The van der Waals surface area contributed by atoms with E-state index in [2.05, 4.69) is 23.6 Å². The first-order valence-electron chi connectivity index (χ1n) is 7.39. The van der Waals surface area contributed by atoms with Crippen molar-refractivity contribution in [2.24, 2.45) is 0 Å². The lowest BCUT2D eigenvalue weighted by molar-refractivity contribution is -0.115. The number of carbonyl (C=O) groups is 1. The maximum Gasteiger partial charge on any atom is 0.226 e. The Morgan fingerprint density at radius 3 is 2.82 bits per heavy atom. The number of amides is 1. The number of anilines is 2. The summed E-state index contributed by atoms with van der Waals surface area (Å²) >= 11 is 0. The average Bonchev–Trinajstić information content (AvgIpc) is 2.73. The molecule has 0 saturated carbocycles. The molecule has 0 bridgehead atoms. The molecular formula is C18H16N2O2. The minimum absolute atomic E-state index is 0.0322. The standard InChI is InChI=1S/C18H16N2O2/c1-11-12-5-2-3-8-15(12)22-18(11)13-6-4-7-14-17(13)19-10-9-16(21)20-14/h2-8,19H,9-10H2,1H3,(H,20,21). The molecule has 0 fully saturated rings. The lowest BCUT2D eigenvalue weighted by Crippen LogP contribution is -2.10. The highest BCUT2D eigenvalue weighted by Gasteiger charge is 2.20. The Bertz CT molecular complexity index is 880. The van der Waals surface area contributed by atoms with Crippen LogP contribution in [0.15, 0.2) is 46.9 Å². The van der Waals surface area contributed by atoms with E-state index in [1.54, 1.807) is 0 Å². The van der Waals surface area contributed by atoms with E-state index >= 15 is 0 Å². The largest absolute Gasteiger partial charge is 0.456 e. The number of aryl methyl sites for hydroxylation is 1. The fraction of sp³-hybridized carbons (Fsp3) is 0.167. The number of nitrogens with one attached hydrogen (secondary N) is 2. The molecule has 1 aliphatic heterocycles. The first kappa shape index (κ1) is 13.0. The van der Waals surface area contributed by atoms with E-state index in [1.165, 1.54) is 0 Å². The molecule has 0 atom stereocenters. The molecule has 0 saturated heterocycles. The van der Waals surface area contributed by atoms with E-state index in [4.69, 9.17) is 4.42 Å². The third-order valence-corrected chi connectivity index (χ3v) is 4.08. The second kappa shape index (κ2) is 4.91. The highest BCUT2D eigenvalue weighted by Crippen LogP contribution is 2.40. The van der Waals surface area contributed by atoms with Gasteiger partial charge in [-0.15, -0.1) is 0 Å². The molecule has 2 heterocycles. The third-order valence-electron chi connectivity index (χ3n) is 4.08. The fourth-order valence-electron chi connectivity index (χ4n) is 2.98. The van der Waals surface area contributed by atoms with Crippen molar-refractivity contribution in [3.63, 3.8) is 0 Å². The Hall–Kier alpha value is -2.75. The van der Waals surface area contributed by atoms with Gasteiger partial charge < -0.3 is 15.1 Å². The van der Waals surface area contributed by atoms with E-state index in [0.29, 0.717) is 13.0 Å². The molecule has 4 rings (SSSR count). The average molecular weight is 292 g/mol. The molecule has 2 N–H and O–H groups in total. The minimum Gasteiger partial charge on any atom is -0.456 e. The number of hydrogen-bond donors (Lipinski definition) is 2. The SMILES string of the molecule is Cc1c(-c2cccc3c2NCCC(=O)N3)oc2ccccc12. The van der Waals surface area contributed by atoms with Gasteiger partial charge in [0.2, 0.25) is 5.91 Å². The molecule has 0 spiro atoms. The van der Waals surface area contributed by atoms with E-state index < -0.39 is 0 Å². The molecule has 4 heteroatoms. The monoisotopic (exact) mass is 292 g/mol. The van der Waals surface area contributed by atoms with Crippen molar-refractivity contribution in [2.45, 2.75) is 13.3 Å². The molecule has 110 valence electrons. The summed E-state index contributed by atoms with van der Waals surface area (Å²) in [4.78, 5) is 11.7. The third kappa shape index (κ3) is 1.96. The zero-order valence-electron chi connectivity index (χ0n) is 12.3. The molecular weight excluding hydrogens is 276 g/mol. The van der Waals surface area contributed by atoms with Crippen LogP contribution in [0.2, 0.25) is 0 Å². The molecule has 1 aliphatic rings. The molecule has 4 nitrogen and oxygen atoms in total. The Labute approximate surface area is 128 Å². The molecule has 1 aromatic heterocycles. The lowest BCUT2D eigenvalue weighted by Gasteiger charge is -2.12. The Kier molecular flexibility index (Phi) is 2.89. The van der Waals surface area contributed by atoms with Crippen LogP contribution >= 0.6 is 0 Å². The van der Waals surface area contributed by atoms with Crippen LogP contribution < -0.4 is 10.6 Å². The summed E-state index contributed by atoms with van der Waals surface area (Å²) in [5, 5.41) is 7.41. The summed E-state index contributed by atoms with van der Waals surface area (Å²) in [6.07, 6.45) is 0.466. The predicted molar refractivity (Wildman–Crippen MR) is 88.1 cm³/mol. The summed E-state index contributed by atoms with van der Waals surface area (Å²) in [5.74, 6) is 0.881. The topological polar surface area (TPSA) is 54.3 Å². The summed E-state index contributed by atoms with van der Waals surface area (Å²) in [7, 11) is 0. The molecule has 0 unspecified atom stereocenters. The highest BCUT2D eigenvalue weighted by molar-refractivity contribution is 6.00. The normalized spacial score (nSPS) is 14.1. The van der Waals surface area contributed by atoms with E-state index in [9.17, 15) is 4.79 Å². The van der Waals surface area contributed by atoms with Gasteiger partial charge in [0.25, 0.3) is 0 Å². The zero-order valence-corrected chi connectivity index (χ0v) is 12.3. The van der Waals surface area contributed by atoms with Crippen molar-refractivity contribution in [1.29, 1.82) is 0 Å². The molecule has 2 aromatic carbocycles. The van der Waals surface area contributed by atoms with Gasteiger partial charge in [0.05, 0.1) is 11.4 Å². The Balaban J connectivity index is 1.94.